The molecule has 0 radical (unpaired) electrons. The van der Waals surface area contributed by atoms with Crippen molar-refractivity contribution in [1.29, 1.82) is 0 Å². The average Bonchev–Trinajstić information content (AvgIpc) is 2.14. The van der Waals surface area contributed by atoms with E-state index >= 15 is 0 Å². The van der Waals surface area contributed by atoms with Crippen LogP contribution < -0.4 is 10.5 Å². The lowest BCUT2D eigenvalue weighted by Gasteiger charge is -2.16. The standard InChI is InChI=1S/C12H16F3NO/c1-8(2)17-10-5-3-4-9(6-10)11(16)7-12(13,14)15/h3-6,8,11H,7,16H2,1-2H3/t11-/m1/s1. The molecule has 5 heteroatoms. The van der Waals surface area contributed by atoms with Crippen molar-refractivity contribution < 1.29 is 17.9 Å². The van der Waals surface area contributed by atoms with Crippen LogP contribution in [0.25, 0.3) is 0 Å². The smallest absolute Gasteiger partial charge is 0.390 e. The molecule has 0 fully saturated rings. The van der Waals surface area contributed by atoms with Crippen molar-refractivity contribution in [3.8, 4) is 5.75 Å². The van der Waals surface area contributed by atoms with Crippen molar-refractivity contribution in [1.82, 2.24) is 0 Å². The summed E-state index contributed by atoms with van der Waals surface area (Å²) in [4.78, 5) is 0. The molecule has 0 spiro atoms. The highest BCUT2D eigenvalue weighted by molar-refractivity contribution is 5.30. The first-order chi connectivity index (χ1) is 7.78. The minimum atomic E-state index is -4.26. The quantitative estimate of drug-likeness (QED) is 0.884. The molecule has 0 unspecified atom stereocenters. The van der Waals surface area contributed by atoms with Crippen molar-refractivity contribution >= 4 is 0 Å². The lowest BCUT2D eigenvalue weighted by molar-refractivity contribution is -0.138. The van der Waals surface area contributed by atoms with E-state index in [4.69, 9.17) is 10.5 Å². The summed E-state index contributed by atoms with van der Waals surface area (Å²) in [6.45, 7) is 3.70. The van der Waals surface area contributed by atoms with Crippen LogP contribution in [0.4, 0.5) is 13.2 Å². The molecule has 1 atom stereocenters. The summed E-state index contributed by atoms with van der Waals surface area (Å²) in [6.07, 6.45) is -5.31. The molecule has 0 aliphatic heterocycles. The predicted molar refractivity (Wildman–Crippen MR) is 59.8 cm³/mol. The molecule has 2 N–H and O–H groups in total. The summed E-state index contributed by atoms with van der Waals surface area (Å²) in [7, 11) is 0. The van der Waals surface area contributed by atoms with Gasteiger partial charge in [-0.05, 0) is 31.5 Å². The van der Waals surface area contributed by atoms with E-state index in [-0.39, 0.29) is 6.10 Å². The van der Waals surface area contributed by atoms with Crippen LogP contribution in [0.15, 0.2) is 24.3 Å². The lowest BCUT2D eigenvalue weighted by Crippen LogP contribution is -2.20. The SMILES string of the molecule is CC(C)Oc1cccc([C@H](N)CC(F)(F)F)c1. The highest BCUT2D eigenvalue weighted by Crippen LogP contribution is 2.29. The second-order valence-corrected chi connectivity index (χ2v) is 4.16. The molecule has 0 heterocycles. The van der Waals surface area contributed by atoms with Crippen LogP contribution in [-0.4, -0.2) is 12.3 Å². The van der Waals surface area contributed by atoms with Crippen molar-refractivity contribution in [2.45, 2.75) is 38.6 Å². The molecule has 1 aromatic rings. The van der Waals surface area contributed by atoms with E-state index in [1.807, 2.05) is 13.8 Å². The van der Waals surface area contributed by atoms with Gasteiger partial charge in [0, 0.05) is 6.04 Å². The molecule has 1 rings (SSSR count). The number of hydrogen-bond donors (Lipinski definition) is 1. The van der Waals surface area contributed by atoms with Gasteiger partial charge in [-0.2, -0.15) is 13.2 Å². The maximum atomic E-state index is 12.2. The highest BCUT2D eigenvalue weighted by Gasteiger charge is 2.30. The Balaban J connectivity index is 2.77. The van der Waals surface area contributed by atoms with Gasteiger partial charge in [0.05, 0.1) is 12.5 Å². The Morgan fingerprint density at radius 2 is 1.94 bits per heavy atom. The summed E-state index contributed by atoms with van der Waals surface area (Å²) in [5.74, 6) is 0.537. The molecular weight excluding hydrogens is 231 g/mol. The van der Waals surface area contributed by atoms with E-state index in [0.717, 1.165) is 0 Å². The second kappa shape index (κ2) is 5.40. The van der Waals surface area contributed by atoms with Crippen LogP contribution in [0.5, 0.6) is 5.75 Å². The number of halogens is 3. The first-order valence-electron chi connectivity index (χ1n) is 5.37. The van der Waals surface area contributed by atoms with Gasteiger partial charge in [0.25, 0.3) is 0 Å². The molecule has 2 nitrogen and oxygen atoms in total. The van der Waals surface area contributed by atoms with Crippen LogP contribution in [-0.2, 0) is 0 Å². The van der Waals surface area contributed by atoms with E-state index in [0.29, 0.717) is 11.3 Å². The van der Waals surface area contributed by atoms with Gasteiger partial charge in [0.15, 0.2) is 0 Å². The summed E-state index contributed by atoms with van der Waals surface area (Å²) in [6, 6.07) is 5.42. The summed E-state index contributed by atoms with van der Waals surface area (Å²) < 4.78 is 42.0. The largest absolute Gasteiger partial charge is 0.491 e. The monoisotopic (exact) mass is 247 g/mol. The van der Waals surface area contributed by atoms with Crippen LogP contribution in [0.3, 0.4) is 0 Å². The molecule has 17 heavy (non-hydrogen) atoms. The number of rotatable bonds is 4. The van der Waals surface area contributed by atoms with Crippen LogP contribution in [0, 0.1) is 0 Å². The van der Waals surface area contributed by atoms with E-state index in [2.05, 4.69) is 0 Å². The van der Waals surface area contributed by atoms with Crippen LogP contribution in [0.1, 0.15) is 31.9 Å². The Labute approximate surface area is 98.6 Å². The van der Waals surface area contributed by atoms with Gasteiger partial charge in [-0.3, -0.25) is 0 Å². The Kier molecular flexibility index (Phi) is 4.40. The second-order valence-electron chi connectivity index (χ2n) is 4.16. The maximum Gasteiger partial charge on any atom is 0.390 e. The Bertz CT molecular complexity index is 363. The number of benzene rings is 1. The third kappa shape index (κ3) is 5.08. The van der Waals surface area contributed by atoms with E-state index < -0.39 is 18.6 Å². The van der Waals surface area contributed by atoms with Gasteiger partial charge in [0.2, 0.25) is 0 Å². The normalized spacial score (nSPS) is 13.8. The fourth-order valence-electron chi connectivity index (χ4n) is 1.46. The zero-order valence-corrected chi connectivity index (χ0v) is 9.79. The molecular formula is C12H16F3NO. The van der Waals surface area contributed by atoms with Gasteiger partial charge in [0.1, 0.15) is 5.75 Å². The Morgan fingerprint density at radius 3 is 2.47 bits per heavy atom. The molecule has 0 saturated heterocycles. The zero-order valence-electron chi connectivity index (χ0n) is 9.79. The van der Waals surface area contributed by atoms with Gasteiger partial charge < -0.3 is 10.5 Å². The third-order valence-electron chi connectivity index (χ3n) is 2.11. The van der Waals surface area contributed by atoms with Gasteiger partial charge in [-0.1, -0.05) is 12.1 Å². The molecule has 1 aromatic carbocycles. The number of alkyl halides is 3. The first kappa shape index (κ1) is 13.8. The van der Waals surface area contributed by atoms with Crippen molar-refractivity contribution in [3.63, 3.8) is 0 Å². The van der Waals surface area contributed by atoms with Crippen molar-refractivity contribution in [3.05, 3.63) is 29.8 Å². The van der Waals surface area contributed by atoms with Crippen LogP contribution >= 0.6 is 0 Å². The van der Waals surface area contributed by atoms with Gasteiger partial charge in [-0.15, -0.1) is 0 Å². The maximum absolute atomic E-state index is 12.2. The fourth-order valence-corrected chi connectivity index (χ4v) is 1.46. The Morgan fingerprint density at radius 1 is 1.29 bits per heavy atom. The predicted octanol–water partition coefficient (Wildman–Crippen LogP) is 3.43. The summed E-state index contributed by atoms with van der Waals surface area (Å²) >= 11 is 0. The first-order valence-corrected chi connectivity index (χ1v) is 5.37. The third-order valence-corrected chi connectivity index (χ3v) is 2.11. The van der Waals surface area contributed by atoms with E-state index in [9.17, 15) is 13.2 Å². The van der Waals surface area contributed by atoms with Gasteiger partial charge in [-0.25, -0.2) is 0 Å². The van der Waals surface area contributed by atoms with Crippen molar-refractivity contribution in [2.24, 2.45) is 5.73 Å². The van der Waals surface area contributed by atoms with E-state index in [1.165, 1.54) is 0 Å². The molecule has 0 aliphatic carbocycles. The molecule has 0 aromatic heterocycles. The molecule has 96 valence electrons. The lowest BCUT2D eigenvalue weighted by atomic mass is 10.0. The van der Waals surface area contributed by atoms with Crippen molar-refractivity contribution in [2.75, 3.05) is 0 Å². The van der Waals surface area contributed by atoms with Crippen LogP contribution in [0.2, 0.25) is 0 Å². The minimum Gasteiger partial charge on any atom is -0.491 e. The molecule has 0 saturated carbocycles. The number of nitrogens with two attached hydrogens (primary N) is 1. The van der Waals surface area contributed by atoms with Gasteiger partial charge >= 0.3 is 6.18 Å². The molecule has 0 amide bonds. The summed E-state index contributed by atoms with van der Waals surface area (Å²) in [5.41, 5.74) is 5.94. The number of hydrogen-bond acceptors (Lipinski definition) is 2. The highest BCUT2D eigenvalue weighted by atomic mass is 19.4. The topological polar surface area (TPSA) is 35.2 Å². The number of ether oxygens (including phenoxy) is 1. The average molecular weight is 247 g/mol. The Hall–Kier alpha value is -1.23. The summed E-state index contributed by atoms with van der Waals surface area (Å²) in [5, 5.41) is 0. The van der Waals surface area contributed by atoms with E-state index in [1.54, 1.807) is 24.3 Å². The minimum absolute atomic E-state index is 0.0240. The zero-order chi connectivity index (χ0) is 13.1. The molecule has 0 bridgehead atoms. The fraction of sp³-hybridized carbons (Fsp3) is 0.500. The molecule has 0 aliphatic rings.